The smallest absolute Gasteiger partial charge is 0.149 e. The molecular weight excluding hydrogens is 404 g/mol. The average Bonchev–Trinajstić information content (AvgIpc) is 3.47. The zero-order chi connectivity index (χ0) is 21.8. The second kappa shape index (κ2) is 8.78. The molecule has 31 heavy (non-hydrogen) atoms. The molecule has 0 saturated carbocycles. The SMILES string of the molecule is COc1ccc(-n2cc(CO/C(=C(/C)n3ccnc3)c3ccc(F)cc3F)nn2)cc1. The van der Waals surface area contributed by atoms with Crippen LogP contribution < -0.4 is 4.74 Å². The first-order valence-electron chi connectivity index (χ1n) is 9.38. The lowest BCUT2D eigenvalue weighted by atomic mass is 10.1. The number of imidazole rings is 1. The lowest BCUT2D eigenvalue weighted by Gasteiger charge is -2.15. The van der Waals surface area contributed by atoms with Gasteiger partial charge in [-0.3, -0.25) is 0 Å². The van der Waals surface area contributed by atoms with Gasteiger partial charge in [0.15, 0.2) is 0 Å². The standard InChI is InChI=1S/C22H19F2N5O2/c1-15(28-10-9-25-14-28)22(20-8-3-16(23)11-21(20)24)31-13-17-12-29(27-26-17)18-4-6-19(30-2)7-5-18/h3-12,14H,13H2,1-2H3/b22-15-. The van der Waals surface area contributed by atoms with Crippen molar-refractivity contribution >= 4 is 11.5 Å². The van der Waals surface area contributed by atoms with Crippen LogP contribution in [-0.4, -0.2) is 31.7 Å². The molecule has 0 aliphatic rings. The first-order chi connectivity index (χ1) is 15.0. The predicted octanol–water partition coefficient (Wildman–Crippen LogP) is 4.31. The number of aromatic nitrogens is 5. The Kier molecular flexibility index (Phi) is 5.74. The Morgan fingerprint density at radius 3 is 2.58 bits per heavy atom. The summed E-state index contributed by atoms with van der Waals surface area (Å²) in [6.07, 6.45) is 6.59. The van der Waals surface area contributed by atoms with Crippen molar-refractivity contribution in [3.05, 3.63) is 90.3 Å². The number of hydrogen-bond acceptors (Lipinski definition) is 5. The van der Waals surface area contributed by atoms with Crippen LogP contribution in [0.4, 0.5) is 8.78 Å². The van der Waals surface area contributed by atoms with Crippen LogP contribution in [-0.2, 0) is 11.3 Å². The normalized spacial score (nSPS) is 11.9. The van der Waals surface area contributed by atoms with Gasteiger partial charge in [0, 0.05) is 18.5 Å². The van der Waals surface area contributed by atoms with Crippen molar-refractivity contribution in [2.45, 2.75) is 13.5 Å². The first kappa shape index (κ1) is 20.3. The number of allylic oxidation sites excluding steroid dienone is 1. The fraction of sp³-hybridized carbons (Fsp3) is 0.136. The Balaban J connectivity index is 1.60. The lowest BCUT2D eigenvalue weighted by Crippen LogP contribution is -2.03. The van der Waals surface area contributed by atoms with Crippen molar-refractivity contribution in [3.8, 4) is 11.4 Å². The summed E-state index contributed by atoms with van der Waals surface area (Å²) in [5, 5.41) is 8.23. The third-order valence-electron chi connectivity index (χ3n) is 4.64. The van der Waals surface area contributed by atoms with Crippen LogP contribution in [0.3, 0.4) is 0 Å². The van der Waals surface area contributed by atoms with Crippen LogP contribution >= 0.6 is 0 Å². The van der Waals surface area contributed by atoms with Crippen LogP contribution in [0.5, 0.6) is 5.75 Å². The lowest BCUT2D eigenvalue weighted by molar-refractivity contribution is 0.258. The molecule has 0 radical (unpaired) electrons. The minimum atomic E-state index is -0.726. The number of ether oxygens (including phenoxy) is 2. The highest BCUT2D eigenvalue weighted by atomic mass is 19.1. The zero-order valence-corrected chi connectivity index (χ0v) is 16.9. The zero-order valence-electron chi connectivity index (χ0n) is 16.9. The number of hydrogen-bond donors (Lipinski definition) is 0. The molecule has 0 aliphatic carbocycles. The van der Waals surface area contributed by atoms with Gasteiger partial charge in [-0.15, -0.1) is 5.10 Å². The predicted molar refractivity (Wildman–Crippen MR) is 110 cm³/mol. The van der Waals surface area contributed by atoms with Gasteiger partial charge in [0.25, 0.3) is 0 Å². The number of benzene rings is 2. The largest absolute Gasteiger partial charge is 0.497 e. The van der Waals surface area contributed by atoms with E-state index in [-0.39, 0.29) is 17.9 Å². The van der Waals surface area contributed by atoms with Crippen molar-refractivity contribution in [2.75, 3.05) is 7.11 Å². The van der Waals surface area contributed by atoms with E-state index in [0.29, 0.717) is 11.4 Å². The molecule has 4 rings (SSSR count). The molecular formula is C22H19F2N5O2. The quantitative estimate of drug-likeness (QED) is 0.415. The second-order valence-corrected chi connectivity index (χ2v) is 6.65. The summed E-state index contributed by atoms with van der Waals surface area (Å²) in [7, 11) is 1.60. The summed E-state index contributed by atoms with van der Waals surface area (Å²) in [6.45, 7) is 1.79. The molecule has 0 saturated heterocycles. The Morgan fingerprint density at radius 1 is 1.10 bits per heavy atom. The number of nitrogens with zero attached hydrogens (tertiary/aromatic N) is 5. The fourth-order valence-electron chi connectivity index (χ4n) is 3.00. The number of methoxy groups -OCH3 is 1. The van der Waals surface area contributed by atoms with Crippen LogP contribution in [0.1, 0.15) is 18.2 Å². The molecule has 0 bridgehead atoms. The van der Waals surface area contributed by atoms with Gasteiger partial charge in [-0.2, -0.15) is 0 Å². The minimum absolute atomic E-state index is 0.0361. The Labute approximate surface area is 177 Å². The molecule has 0 fully saturated rings. The summed E-state index contributed by atoms with van der Waals surface area (Å²) in [5.41, 5.74) is 2.06. The Morgan fingerprint density at radius 2 is 1.90 bits per heavy atom. The van der Waals surface area contributed by atoms with Crippen molar-refractivity contribution in [3.63, 3.8) is 0 Å². The van der Waals surface area contributed by atoms with Gasteiger partial charge in [0.2, 0.25) is 0 Å². The summed E-state index contributed by atoms with van der Waals surface area (Å²) < 4.78 is 42.3. The van der Waals surface area contributed by atoms with Crippen LogP contribution in [0.15, 0.2) is 67.4 Å². The average molecular weight is 423 g/mol. The van der Waals surface area contributed by atoms with Gasteiger partial charge < -0.3 is 14.0 Å². The summed E-state index contributed by atoms with van der Waals surface area (Å²) in [6, 6.07) is 10.7. The molecule has 0 unspecified atom stereocenters. The van der Waals surface area contributed by atoms with E-state index in [2.05, 4.69) is 15.3 Å². The fourth-order valence-corrected chi connectivity index (χ4v) is 3.00. The van der Waals surface area contributed by atoms with Gasteiger partial charge >= 0.3 is 0 Å². The molecule has 0 amide bonds. The number of halogens is 2. The molecule has 0 aliphatic heterocycles. The summed E-state index contributed by atoms with van der Waals surface area (Å²) >= 11 is 0. The van der Waals surface area contributed by atoms with Crippen LogP contribution in [0.25, 0.3) is 17.1 Å². The van der Waals surface area contributed by atoms with E-state index < -0.39 is 11.6 Å². The Hall–Kier alpha value is -4.01. The second-order valence-electron chi connectivity index (χ2n) is 6.65. The molecule has 9 heteroatoms. The topological polar surface area (TPSA) is 67.0 Å². The molecule has 0 atom stereocenters. The van der Waals surface area contributed by atoms with Crippen molar-refractivity contribution in [1.29, 1.82) is 0 Å². The van der Waals surface area contributed by atoms with Gasteiger partial charge in [-0.05, 0) is 43.3 Å². The molecule has 2 aromatic carbocycles. The van der Waals surface area contributed by atoms with E-state index in [1.807, 2.05) is 24.3 Å². The maximum Gasteiger partial charge on any atom is 0.149 e. The maximum atomic E-state index is 14.5. The van der Waals surface area contributed by atoms with Gasteiger partial charge in [0.05, 0.1) is 36.6 Å². The molecule has 158 valence electrons. The monoisotopic (exact) mass is 423 g/mol. The highest BCUT2D eigenvalue weighted by molar-refractivity contribution is 5.78. The molecule has 0 spiro atoms. The van der Waals surface area contributed by atoms with E-state index in [4.69, 9.17) is 9.47 Å². The van der Waals surface area contributed by atoms with Crippen molar-refractivity contribution in [2.24, 2.45) is 0 Å². The molecule has 0 N–H and O–H groups in total. The van der Waals surface area contributed by atoms with Crippen molar-refractivity contribution in [1.82, 2.24) is 24.5 Å². The van der Waals surface area contributed by atoms with Crippen LogP contribution in [0.2, 0.25) is 0 Å². The van der Waals surface area contributed by atoms with E-state index >= 15 is 0 Å². The highest BCUT2D eigenvalue weighted by Crippen LogP contribution is 2.27. The van der Waals surface area contributed by atoms with Gasteiger partial charge in [0.1, 0.15) is 35.4 Å². The summed E-state index contributed by atoms with van der Waals surface area (Å²) in [5.74, 6) is -0.410. The third kappa shape index (κ3) is 4.45. The highest BCUT2D eigenvalue weighted by Gasteiger charge is 2.16. The van der Waals surface area contributed by atoms with Crippen LogP contribution in [0, 0.1) is 11.6 Å². The van der Waals surface area contributed by atoms with E-state index in [1.54, 1.807) is 48.2 Å². The first-order valence-corrected chi connectivity index (χ1v) is 9.38. The molecule has 4 aromatic rings. The number of rotatable bonds is 7. The van der Waals surface area contributed by atoms with E-state index in [0.717, 1.165) is 17.5 Å². The Bertz CT molecular complexity index is 1200. The van der Waals surface area contributed by atoms with E-state index in [1.165, 1.54) is 12.1 Å². The summed E-state index contributed by atoms with van der Waals surface area (Å²) in [4.78, 5) is 4.01. The minimum Gasteiger partial charge on any atom is -0.497 e. The third-order valence-corrected chi connectivity index (χ3v) is 4.64. The maximum absolute atomic E-state index is 14.5. The van der Waals surface area contributed by atoms with Gasteiger partial charge in [-0.1, -0.05) is 5.21 Å². The molecule has 2 heterocycles. The molecule has 7 nitrogen and oxygen atoms in total. The van der Waals surface area contributed by atoms with E-state index in [9.17, 15) is 8.78 Å². The van der Waals surface area contributed by atoms with Crippen molar-refractivity contribution < 1.29 is 18.3 Å². The van der Waals surface area contributed by atoms with Gasteiger partial charge in [-0.25, -0.2) is 18.4 Å². The molecule has 2 aromatic heterocycles.